The second kappa shape index (κ2) is 7.68. The van der Waals surface area contributed by atoms with Gasteiger partial charge in [0.1, 0.15) is 0 Å². The van der Waals surface area contributed by atoms with E-state index in [0.717, 1.165) is 32.6 Å². The molecule has 0 N–H and O–H groups in total. The third kappa shape index (κ3) is 3.57. The molecule has 0 radical (unpaired) electrons. The molecular formula is C21H31N3O2. The van der Waals surface area contributed by atoms with Gasteiger partial charge in [-0.2, -0.15) is 0 Å². The van der Waals surface area contributed by atoms with Gasteiger partial charge in [0.25, 0.3) is 0 Å². The third-order valence-corrected chi connectivity index (χ3v) is 6.14. The molecule has 0 aromatic heterocycles. The quantitative estimate of drug-likeness (QED) is 0.832. The Morgan fingerprint density at radius 3 is 2.54 bits per heavy atom. The zero-order valence-electron chi connectivity index (χ0n) is 16.5. The third-order valence-electron chi connectivity index (χ3n) is 6.14. The van der Waals surface area contributed by atoms with Gasteiger partial charge in [-0.3, -0.25) is 9.59 Å². The summed E-state index contributed by atoms with van der Waals surface area (Å²) < 4.78 is 0. The number of carbonyl (C=O) groups is 2. The Bertz CT molecular complexity index is 680. The van der Waals surface area contributed by atoms with Crippen LogP contribution in [0.2, 0.25) is 0 Å². The van der Waals surface area contributed by atoms with Crippen LogP contribution < -0.4 is 4.90 Å². The molecule has 1 aromatic rings. The van der Waals surface area contributed by atoms with Gasteiger partial charge in [0.2, 0.25) is 11.8 Å². The summed E-state index contributed by atoms with van der Waals surface area (Å²) in [5, 5.41) is 0. The van der Waals surface area contributed by atoms with Crippen LogP contribution in [0.1, 0.15) is 37.8 Å². The normalized spacial score (nSPS) is 22.1. The first-order valence-corrected chi connectivity index (χ1v) is 9.81. The van der Waals surface area contributed by atoms with Crippen LogP contribution >= 0.6 is 0 Å². The Kier molecular flexibility index (Phi) is 5.54. The van der Waals surface area contributed by atoms with E-state index >= 15 is 0 Å². The molecular weight excluding hydrogens is 326 g/mol. The summed E-state index contributed by atoms with van der Waals surface area (Å²) in [5.41, 5.74) is 3.89. The average Bonchev–Trinajstić information content (AvgIpc) is 3.04. The predicted molar refractivity (Wildman–Crippen MR) is 104 cm³/mol. The largest absolute Gasteiger partial charge is 0.368 e. The van der Waals surface area contributed by atoms with Gasteiger partial charge in [-0.05, 0) is 44.4 Å². The van der Waals surface area contributed by atoms with E-state index in [2.05, 4.69) is 50.8 Å². The minimum absolute atomic E-state index is 0.131. The smallest absolute Gasteiger partial charge is 0.228 e. The lowest BCUT2D eigenvalue weighted by Gasteiger charge is -2.38. The fraction of sp³-hybridized carbons (Fsp3) is 0.619. The van der Waals surface area contributed by atoms with Crippen LogP contribution in [-0.4, -0.2) is 60.4 Å². The molecule has 142 valence electrons. The van der Waals surface area contributed by atoms with E-state index in [4.69, 9.17) is 0 Å². The van der Waals surface area contributed by atoms with Crippen LogP contribution in [0.15, 0.2) is 18.2 Å². The summed E-state index contributed by atoms with van der Waals surface area (Å²) in [5.74, 6) is 0.125. The summed E-state index contributed by atoms with van der Waals surface area (Å²) in [6, 6.07) is 6.63. The van der Waals surface area contributed by atoms with Crippen LogP contribution in [-0.2, 0) is 9.59 Å². The lowest BCUT2D eigenvalue weighted by molar-refractivity contribution is -0.136. The van der Waals surface area contributed by atoms with Gasteiger partial charge in [-0.15, -0.1) is 0 Å². The second-order valence-corrected chi connectivity index (χ2v) is 7.74. The second-order valence-electron chi connectivity index (χ2n) is 7.74. The van der Waals surface area contributed by atoms with E-state index in [0.29, 0.717) is 13.0 Å². The Morgan fingerprint density at radius 1 is 1.19 bits per heavy atom. The highest BCUT2D eigenvalue weighted by atomic mass is 16.2. The Labute approximate surface area is 156 Å². The lowest BCUT2D eigenvalue weighted by Crippen LogP contribution is -2.51. The first-order valence-electron chi connectivity index (χ1n) is 9.81. The van der Waals surface area contributed by atoms with Crippen molar-refractivity contribution in [3.8, 4) is 0 Å². The maximum atomic E-state index is 12.9. The molecule has 0 bridgehead atoms. The predicted octanol–water partition coefficient (Wildman–Crippen LogP) is 2.60. The monoisotopic (exact) mass is 357 g/mol. The number of amides is 2. The number of likely N-dealkylation sites (tertiary alicyclic amines) is 1. The summed E-state index contributed by atoms with van der Waals surface area (Å²) >= 11 is 0. The van der Waals surface area contributed by atoms with Crippen molar-refractivity contribution in [2.24, 2.45) is 5.92 Å². The van der Waals surface area contributed by atoms with Gasteiger partial charge < -0.3 is 14.7 Å². The molecule has 2 unspecified atom stereocenters. The number of hydrogen-bond acceptors (Lipinski definition) is 3. The van der Waals surface area contributed by atoms with Crippen molar-refractivity contribution in [1.82, 2.24) is 9.80 Å². The van der Waals surface area contributed by atoms with Crippen molar-refractivity contribution in [1.29, 1.82) is 0 Å². The highest BCUT2D eigenvalue weighted by Crippen LogP contribution is 2.26. The fourth-order valence-corrected chi connectivity index (χ4v) is 4.05. The highest BCUT2D eigenvalue weighted by molar-refractivity contribution is 5.89. The molecule has 5 heteroatoms. The van der Waals surface area contributed by atoms with E-state index in [1.54, 1.807) is 0 Å². The first-order chi connectivity index (χ1) is 12.4. The molecule has 3 rings (SSSR count). The maximum absolute atomic E-state index is 12.9. The van der Waals surface area contributed by atoms with Crippen molar-refractivity contribution >= 4 is 17.5 Å². The average molecular weight is 357 g/mol. The van der Waals surface area contributed by atoms with Gasteiger partial charge >= 0.3 is 0 Å². The van der Waals surface area contributed by atoms with Crippen molar-refractivity contribution in [2.45, 2.75) is 46.6 Å². The minimum atomic E-state index is -0.163. The van der Waals surface area contributed by atoms with Gasteiger partial charge in [0.05, 0.1) is 5.92 Å². The summed E-state index contributed by atoms with van der Waals surface area (Å²) in [6.45, 7) is 12.2. The van der Waals surface area contributed by atoms with Crippen LogP contribution in [0.5, 0.6) is 0 Å². The molecule has 0 spiro atoms. The molecule has 2 heterocycles. The molecule has 2 atom stereocenters. The number of piperazine rings is 1. The van der Waals surface area contributed by atoms with Gasteiger partial charge in [0, 0.05) is 50.9 Å². The van der Waals surface area contributed by atoms with Gasteiger partial charge in [-0.25, -0.2) is 0 Å². The molecule has 0 saturated carbocycles. The van der Waals surface area contributed by atoms with E-state index in [-0.39, 0.29) is 23.8 Å². The zero-order chi connectivity index (χ0) is 18.8. The standard InChI is InChI=1S/C21H31N3O2/c1-5-16(3)24-14-18(13-20(24)25)21(26)23-11-9-22(10-12-23)19-8-6-7-15(2)17(19)4/h6-8,16,18H,5,9-14H2,1-4H3. The zero-order valence-corrected chi connectivity index (χ0v) is 16.5. The van der Waals surface area contributed by atoms with E-state index in [1.807, 2.05) is 9.80 Å². The molecule has 0 aliphatic carbocycles. The first kappa shape index (κ1) is 18.7. The van der Waals surface area contributed by atoms with Crippen molar-refractivity contribution in [3.05, 3.63) is 29.3 Å². The molecule has 26 heavy (non-hydrogen) atoms. The van der Waals surface area contributed by atoms with Crippen LogP contribution in [0.4, 0.5) is 5.69 Å². The summed E-state index contributed by atoms with van der Waals surface area (Å²) in [7, 11) is 0. The summed E-state index contributed by atoms with van der Waals surface area (Å²) in [6.07, 6.45) is 1.31. The van der Waals surface area contributed by atoms with E-state index in [1.165, 1.54) is 16.8 Å². The highest BCUT2D eigenvalue weighted by Gasteiger charge is 2.38. The molecule has 2 saturated heterocycles. The van der Waals surface area contributed by atoms with E-state index < -0.39 is 0 Å². The number of rotatable bonds is 4. The fourth-order valence-electron chi connectivity index (χ4n) is 4.05. The number of anilines is 1. The number of aryl methyl sites for hydroxylation is 1. The van der Waals surface area contributed by atoms with Crippen LogP contribution in [0, 0.1) is 19.8 Å². The maximum Gasteiger partial charge on any atom is 0.228 e. The van der Waals surface area contributed by atoms with Gasteiger partial charge in [0.15, 0.2) is 0 Å². The van der Waals surface area contributed by atoms with E-state index in [9.17, 15) is 9.59 Å². The van der Waals surface area contributed by atoms with Crippen molar-refractivity contribution in [3.63, 3.8) is 0 Å². The Morgan fingerprint density at radius 2 is 1.88 bits per heavy atom. The number of hydrogen-bond donors (Lipinski definition) is 0. The van der Waals surface area contributed by atoms with Gasteiger partial charge in [-0.1, -0.05) is 19.1 Å². The number of nitrogens with zero attached hydrogens (tertiary/aromatic N) is 3. The van der Waals surface area contributed by atoms with Crippen molar-refractivity contribution < 1.29 is 9.59 Å². The number of carbonyl (C=O) groups excluding carboxylic acids is 2. The molecule has 2 aliphatic heterocycles. The molecule has 2 aliphatic rings. The van der Waals surface area contributed by atoms with Crippen LogP contribution in [0.25, 0.3) is 0 Å². The Hall–Kier alpha value is -2.04. The topological polar surface area (TPSA) is 43.9 Å². The van der Waals surface area contributed by atoms with Crippen molar-refractivity contribution in [2.75, 3.05) is 37.6 Å². The molecule has 2 fully saturated rings. The SMILES string of the molecule is CCC(C)N1CC(C(=O)N2CCN(c3cccc(C)c3C)CC2)CC1=O. The molecule has 1 aromatic carbocycles. The Balaban J connectivity index is 1.59. The minimum Gasteiger partial charge on any atom is -0.368 e. The van der Waals surface area contributed by atoms with Crippen LogP contribution in [0.3, 0.4) is 0 Å². The number of benzene rings is 1. The molecule has 5 nitrogen and oxygen atoms in total. The lowest BCUT2D eigenvalue weighted by atomic mass is 10.1. The molecule has 2 amide bonds. The summed E-state index contributed by atoms with van der Waals surface area (Å²) in [4.78, 5) is 31.3.